The minimum atomic E-state index is -4.19. The molecule has 0 atom stereocenters. The molecule has 0 radical (unpaired) electrons. The number of rotatable bonds is 14. The van der Waals surface area contributed by atoms with E-state index < -0.39 is 38.1 Å². The van der Waals surface area contributed by atoms with Gasteiger partial charge in [-0.05, 0) is 61.4 Å². The van der Waals surface area contributed by atoms with E-state index in [9.17, 15) is 22.8 Å². The van der Waals surface area contributed by atoms with Crippen molar-refractivity contribution >= 4 is 39.2 Å². The van der Waals surface area contributed by atoms with Gasteiger partial charge in [-0.3, -0.25) is 19.3 Å². The van der Waals surface area contributed by atoms with E-state index >= 15 is 4.39 Å². The van der Waals surface area contributed by atoms with E-state index in [1.807, 2.05) is 29.2 Å². The van der Waals surface area contributed by atoms with Crippen LogP contribution in [0.4, 0.5) is 16.2 Å². The molecule has 2 aromatic carbocycles. The number of piperazine rings is 1. The van der Waals surface area contributed by atoms with Crippen LogP contribution in [0.1, 0.15) is 45.2 Å². The molecule has 296 valence electrons. The molecule has 4 heterocycles. The maximum atomic E-state index is 15.7. The Bertz CT molecular complexity index is 2160. The highest BCUT2D eigenvalue weighted by molar-refractivity contribution is 7.91. The van der Waals surface area contributed by atoms with E-state index in [-0.39, 0.29) is 48.7 Å². The maximum Gasteiger partial charge on any atom is 0.254 e. The summed E-state index contributed by atoms with van der Waals surface area (Å²) in [7, 11) is -4.19. The number of fused-ring (bicyclic) bond motifs is 1. The van der Waals surface area contributed by atoms with Crippen molar-refractivity contribution in [3.63, 3.8) is 0 Å². The molecule has 17 heteroatoms. The van der Waals surface area contributed by atoms with Gasteiger partial charge in [0.1, 0.15) is 34.7 Å². The quantitative estimate of drug-likeness (QED) is 0.178. The van der Waals surface area contributed by atoms with Gasteiger partial charge in [0.05, 0.1) is 31.1 Å². The number of hydrogen-bond acceptors (Lipinski definition) is 13. The number of carbonyl (C=O) groups is 3. The number of nitrogens with two attached hydrogens (primary N) is 1. The second-order valence-electron chi connectivity index (χ2n) is 13.7. The molecule has 0 bridgehead atoms. The Morgan fingerprint density at radius 2 is 1.70 bits per heavy atom. The maximum absolute atomic E-state index is 15.7. The molecule has 1 fully saturated rings. The summed E-state index contributed by atoms with van der Waals surface area (Å²) in [5.74, 6) is -1.02. The van der Waals surface area contributed by atoms with Gasteiger partial charge >= 0.3 is 0 Å². The van der Waals surface area contributed by atoms with Crippen LogP contribution in [0.25, 0.3) is 11.1 Å². The highest BCUT2D eigenvalue weighted by Crippen LogP contribution is 2.31. The van der Waals surface area contributed by atoms with Gasteiger partial charge in [-0.25, -0.2) is 27.8 Å². The van der Waals surface area contributed by atoms with Gasteiger partial charge in [-0.1, -0.05) is 6.07 Å². The highest BCUT2D eigenvalue weighted by Gasteiger charge is 2.28. The van der Waals surface area contributed by atoms with Crippen LogP contribution < -0.4 is 20.7 Å². The number of nitrogens with one attached hydrogen (secondary N) is 1. The third-order valence-corrected chi connectivity index (χ3v) is 11.5. The number of sulfone groups is 1. The lowest BCUT2D eigenvalue weighted by Gasteiger charge is -2.34. The Morgan fingerprint density at radius 3 is 2.41 bits per heavy atom. The number of pyridine rings is 1. The summed E-state index contributed by atoms with van der Waals surface area (Å²) in [5, 5.41) is 2.55. The standard InChI is InChI=1S/C39H45FN8O7S/c1-26(49)9-17-54-18-15-46-11-13-47(14-12-46)39-44-23-31(24-45-39)37(50)42-10-20-56(52,53)34-7-5-32(27(2)36(34)40)38(51)48-16-19-55-33-6-3-28(21-30(33)25-48)29-4-8-35(41)43-22-29/h3-8,21-24H,9-20,25H2,1-2H3,(H2,41,43)(H,42,50). The van der Waals surface area contributed by atoms with E-state index in [4.69, 9.17) is 15.2 Å². The number of benzene rings is 2. The molecule has 2 aromatic heterocycles. The SMILES string of the molecule is CC(=O)CCOCCN1CCN(c2ncc(C(=O)NCCS(=O)(=O)c3ccc(C(=O)N4CCOc5ccc(-c6ccc(N)nc6)cc5C4)c(C)c3F)cn2)CC1. The molecule has 0 aliphatic carbocycles. The van der Waals surface area contributed by atoms with Crippen LogP contribution in [0.2, 0.25) is 0 Å². The number of aromatic nitrogens is 3. The summed E-state index contributed by atoms with van der Waals surface area (Å²) >= 11 is 0. The van der Waals surface area contributed by atoms with Gasteiger partial charge in [0.25, 0.3) is 11.8 Å². The summed E-state index contributed by atoms with van der Waals surface area (Å²) in [6, 6.07) is 11.6. The van der Waals surface area contributed by atoms with Crippen molar-refractivity contribution in [1.82, 2.24) is 30.1 Å². The molecule has 15 nitrogen and oxygen atoms in total. The number of ketones is 1. The van der Waals surface area contributed by atoms with Crippen LogP contribution in [-0.4, -0.2) is 122 Å². The first kappa shape index (κ1) is 40.2. The Balaban J connectivity index is 1.01. The molecular weight excluding hydrogens is 744 g/mol. The van der Waals surface area contributed by atoms with Crippen LogP contribution in [-0.2, 0) is 25.9 Å². The third-order valence-electron chi connectivity index (χ3n) is 9.73. The lowest BCUT2D eigenvalue weighted by atomic mass is 10.0. The lowest BCUT2D eigenvalue weighted by Crippen LogP contribution is -2.48. The average Bonchev–Trinajstić information content (AvgIpc) is 3.41. The van der Waals surface area contributed by atoms with E-state index in [0.29, 0.717) is 50.2 Å². The summed E-state index contributed by atoms with van der Waals surface area (Å²) in [6.45, 7) is 7.95. The number of nitrogens with zero attached hydrogens (tertiary/aromatic N) is 6. The van der Waals surface area contributed by atoms with E-state index in [0.717, 1.165) is 42.4 Å². The summed E-state index contributed by atoms with van der Waals surface area (Å²) in [5.41, 5.74) is 8.27. The van der Waals surface area contributed by atoms with Crippen molar-refractivity contribution in [2.75, 3.05) is 82.0 Å². The fourth-order valence-corrected chi connectivity index (χ4v) is 7.71. The van der Waals surface area contributed by atoms with Crippen molar-refractivity contribution in [3.05, 3.63) is 89.1 Å². The van der Waals surface area contributed by atoms with Crippen molar-refractivity contribution in [2.45, 2.75) is 31.7 Å². The first-order valence-electron chi connectivity index (χ1n) is 18.3. The predicted molar refractivity (Wildman–Crippen MR) is 207 cm³/mol. The van der Waals surface area contributed by atoms with Gasteiger partial charge in [0.2, 0.25) is 5.95 Å². The first-order valence-corrected chi connectivity index (χ1v) is 20.0. The zero-order valence-corrected chi connectivity index (χ0v) is 32.2. The highest BCUT2D eigenvalue weighted by atomic mass is 32.2. The van der Waals surface area contributed by atoms with E-state index in [1.54, 1.807) is 19.2 Å². The predicted octanol–water partition coefficient (Wildman–Crippen LogP) is 2.92. The Hall–Kier alpha value is -5.52. The minimum absolute atomic E-state index is 0.0366. The number of amides is 2. The number of halogens is 1. The normalized spacial score (nSPS) is 14.8. The van der Waals surface area contributed by atoms with Crippen LogP contribution >= 0.6 is 0 Å². The molecule has 2 aliphatic rings. The smallest absolute Gasteiger partial charge is 0.254 e. The molecule has 6 rings (SSSR count). The molecule has 0 saturated carbocycles. The first-order chi connectivity index (χ1) is 26.9. The number of anilines is 2. The van der Waals surface area contributed by atoms with Crippen molar-refractivity contribution < 1.29 is 36.7 Å². The number of Topliss-reactive ketones (excluding diaryl/α,β-unsaturated/α-hetero) is 1. The van der Waals surface area contributed by atoms with E-state index in [2.05, 4.69) is 25.2 Å². The molecule has 0 unspecified atom stereocenters. The van der Waals surface area contributed by atoms with Gasteiger partial charge in [0, 0.05) is 87.5 Å². The van der Waals surface area contributed by atoms with Crippen molar-refractivity contribution in [2.24, 2.45) is 0 Å². The zero-order valence-electron chi connectivity index (χ0n) is 31.4. The monoisotopic (exact) mass is 788 g/mol. The van der Waals surface area contributed by atoms with Crippen LogP contribution in [0.3, 0.4) is 0 Å². The minimum Gasteiger partial charge on any atom is -0.491 e. The lowest BCUT2D eigenvalue weighted by molar-refractivity contribution is -0.118. The molecule has 1 saturated heterocycles. The second-order valence-corrected chi connectivity index (χ2v) is 15.7. The molecule has 3 N–H and O–H groups in total. The topological polar surface area (TPSA) is 190 Å². The zero-order chi connectivity index (χ0) is 39.8. The molecule has 4 aromatic rings. The number of ether oxygens (including phenoxy) is 2. The number of nitrogen functional groups attached to an aromatic ring is 1. The van der Waals surface area contributed by atoms with Crippen LogP contribution in [0.5, 0.6) is 5.75 Å². The third kappa shape index (κ3) is 9.82. The average molecular weight is 789 g/mol. The van der Waals surface area contributed by atoms with Gasteiger partial charge in [0.15, 0.2) is 9.84 Å². The fourth-order valence-electron chi connectivity index (χ4n) is 6.42. The number of hydrogen-bond donors (Lipinski definition) is 2. The van der Waals surface area contributed by atoms with Crippen LogP contribution in [0, 0.1) is 12.7 Å². The molecule has 2 amide bonds. The van der Waals surface area contributed by atoms with Crippen molar-refractivity contribution in [3.8, 4) is 16.9 Å². The summed E-state index contributed by atoms with van der Waals surface area (Å²) in [4.78, 5) is 55.6. The van der Waals surface area contributed by atoms with Crippen LogP contribution in [0.15, 0.2) is 66.0 Å². The summed E-state index contributed by atoms with van der Waals surface area (Å²) in [6.07, 6.45) is 4.83. The Kier molecular flexibility index (Phi) is 12.9. The number of carbonyl (C=O) groups excluding carboxylic acids is 3. The summed E-state index contributed by atoms with van der Waals surface area (Å²) < 4.78 is 53.6. The second kappa shape index (κ2) is 18.0. The molecular formula is C39H45FN8O7S. The van der Waals surface area contributed by atoms with E-state index in [1.165, 1.54) is 30.3 Å². The van der Waals surface area contributed by atoms with Gasteiger partial charge in [-0.2, -0.15) is 0 Å². The van der Waals surface area contributed by atoms with Crippen molar-refractivity contribution in [1.29, 1.82) is 0 Å². The Labute approximate surface area is 324 Å². The largest absolute Gasteiger partial charge is 0.491 e. The van der Waals surface area contributed by atoms with Gasteiger partial charge < -0.3 is 30.3 Å². The Morgan fingerprint density at radius 1 is 0.946 bits per heavy atom. The molecule has 2 aliphatic heterocycles. The molecule has 0 spiro atoms. The molecule has 56 heavy (non-hydrogen) atoms. The van der Waals surface area contributed by atoms with Gasteiger partial charge in [-0.15, -0.1) is 0 Å². The fraction of sp³-hybridized carbons (Fsp3) is 0.385.